The zero-order valence-electron chi connectivity index (χ0n) is 15.0. The lowest BCUT2D eigenvalue weighted by atomic mass is 10.2. The molecule has 0 aliphatic carbocycles. The van der Waals surface area contributed by atoms with E-state index in [-0.39, 0.29) is 5.02 Å². The molecule has 0 bridgehead atoms. The van der Waals surface area contributed by atoms with Crippen LogP contribution >= 0.6 is 11.6 Å². The summed E-state index contributed by atoms with van der Waals surface area (Å²) in [7, 11) is 1.88. The van der Waals surface area contributed by atoms with Crippen LogP contribution < -0.4 is 4.90 Å². The van der Waals surface area contributed by atoms with Crippen LogP contribution in [-0.4, -0.2) is 26.6 Å². The molecule has 26 heavy (non-hydrogen) atoms. The van der Waals surface area contributed by atoms with Crippen molar-refractivity contribution < 1.29 is 4.39 Å². The van der Waals surface area contributed by atoms with Crippen molar-refractivity contribution >= 4 is 39.8 Å². The van der Waals surface area contributed by atoms with E-state index in [1.165, 1.54) is 12.4 Å². The van der Waals surface area contributed by atoms with Gasteiger partial charge in [0, 0.05) is 18.1 Å². The van der Waals surface area contributed by atoms with E-state index in [0.29, 0.717) is 22.5 Å². The molecule has 0 spiro atoms. The van der Waals surface area contributed by atoms with Crippen LogP contribution in [0.3, 0.4) is 0 Å². The summed E-state index contributed by atoms with van der Waals surface area (Å²) in [6, 6.07) is 11.0. The monoisotopic (exact) mass is 371 g/mol. The molecule has 2 heterocycles. The van der Waals surface area contributed by atoms with Gasteiger partial charge in [0.2, 0.25) is 0 Å². The van der Waals surface area contributed by atoms with E-state index in [1.54, 1.807) is 10.5 Å². The third-order valence-electron chi connectivity index (χ3n) is 3.98. The lowest BCUT2D eigenvalue weighted by Gasteiger charge is -2.21. The molecular formula is C19H19ClFN5. The molecule has 0 amide bonds. The number of aryl methyl sites for hydroxylation is 1. The minimum atomic E-state index is -0.489. The van der Waals surface area contributed by atoms with Crippen LogP contribution in [0.25, 0.3) is 16.7 Å². The Labute approximate surface area is 156 Å². The number of nitrogens with zero attached hydrogens (tertiary/aromatic N) is 5. The molecule has 2 aromatic heterocycles. The molecule has 0 aliphatic rings. The summed E-state index contributed by atoms with van der Waals surface area (Å²) >= 11 is 5.96. The minimum absolute atomic E-state index is 0.0489. The van der Waals surface area contributed by atoms with Gasteiger partial charge in [0.1, 0.15) is 18.0 Å². The van der Waals surface area contributed by atoms with E-state index in [4.69, 9.17) is 11.6 Å². The first-order chi connectivity index (χ1) is 12.5. The van der Waals surface area contributed by atoms with Crippen molar-refractivity contribution in [3.05, 3.63) is 59.1 Å². The summed E-state index contributed by atoms with van der Waals surface area (Å²) in [4.78, 5) is 6.45. The van der Waals surface area contributed by atoms with E-state index >= 15 is 0 Å². The largest absolute Gasteiger partial charge is 0.329 e. The Morgan fingerprint density at radius 3 is 2.65 bits per heavy atom. The highest BCUT2D eigenvalue weighted by Gasteiger charge is 2.16. The number of fused-ring (bicyclic) bond motifs is 3. The van der Waals surface area contributed by atoms with Gasteiger partial charge in [-0.05, 0) is 36.8 Å². The molecule has 134 valence electrons. The van der Waals surface area contributed by atoms with Crippen molar-refractivity contribution in [1.29, 1.82) is 0 Å². The molecule has 0 saturated carbocycles. The number of halogens is 2. The Bertz CT molecular complexity index is 1080. The Hall–Kier alpha value is -2.73. The predicted octanol–water partition coefficient (Wildman–Crippen LogP) is 5.17. The maximum Gasteiger partial charge on any atom is 0.257 e. The fourth-order valence-corrected chi connectivity index (χ4v) is 2.92. The normalized spacial score (nSPS) is 10.7. The molecule has 2 aromatic carbocycles. The topological polar surface area (TPSA) is 46.3 Å². The Morgan fingerprint density at radius 1 is 1.15 bits per heavy atom. The molecule has 7 heteroatoms. The molecule has 4 rings (SSSR count). The predicted molar refractivity (Wildman–Crippen MR) is 104 cm³/mol. The van der Waals surface area contributed by atoms with Crippen molar-refractivity contribution in [2.75, 3.05) is 11.9 Å². The first-order valence-electron chi connectivity index (χ1n) is 8.33. The van der Waals surface area contributed by atoms with Crippen LogP contribution in [0, 0.1) is 12.7 Å². The van der Waals surface area contributed by atoms with Crippen LogP contribution in [0.5, 0.6) is 0 Å². The first kappa shape index (κ1) is 18.1. The van der Waals surface area contributed by atoms with Gasteiger partial charge in [0.15, 0.2) is 0 Å². The summed E-state index contributed by atoms with van der Waals surface area (Å²) in [5.41, 5.74) is 2.77. The average molecular weight is 372 g/mol. The maximum absolute atomic E-state index is 14.1. The smallest absolute Gasteiger partial charge is 0.257 e. The molecule has 5 nitrogen and oxygen atoms in total. The number of hydrogen-bond donors (Lipinski definition) is 0. The summed E-state index contributed by atoms with van der Waals surface area (Å²) in [6.07, 6.45) is 1.54. The van der Waals surface area contributed by atoms with Gasteiger partial charge >= 0.3 is 0 Å². The third-order valence-corrected chi connectivity index (χ3v) is 4.27. The molecule has 0 unspecified atom stereocenters. The molecule has 0 fully saturated rings. The van der Waals surface area contributed by atoms with Crippen molar-refractivity contribution in [3.8, 4) is 0 Å². The lowest BCUT2D eigenvalue weighted by molar-refractivity contribution is 0.630. The first-order valence-corrected chi connectivity index (χ1v) is 8.71. The van der Waals surface area contributed by atoms with E-state index in [1.807, 2.05) is 57.0 Å². The third kappa shape index (κ3) is 3.08. The Morgan fingerprint density at radius 2 is 1.92 bits per heavy atom. The molecule has 0 radical (unpaired) electrons. The molecule has 4 aromatic rings. The van der Waals surface area contributed by atoms with Crippen LogP contribution in [0.2, 0.25) is 5.02 Å². The van der Waals surface area contributed by atoms with Crippen molar-refractivity contribution in [2.24, 2.45) is 0 Å². The molecular weight excluding hydrogens is 353 g/mol. The van der Waals surface area contributed by atoms with Gasteiger partial charge in [-0.15, -0.1) is 10.2 Å². The highest BCUT2D eigenvalue weighted by Crippen LogP contribution is 2.32. The van der Waals surface area contributed by atoms with E-state index in [2.05, 4.69) is 15.2 Å². The minimum Gasteiger partial charge on any atom is -0.329 e. The number of anilines is 2. The fraction of sp³-hybridized carbons (Fsp3) is 0.211. The molecule has 0 atom stereocenters. The van der Waals surface area contributed by atoms with Gasteiger partial charge in [0.25, 0.3) is 5.78 Å². The highest BCUT2D eigenvalue weighted by atomic mass is 35.5. The maximum atomic E-state index is 14.1. The quantitative estimate of drug-likeness (QED) is 0.487. The van der Waals surface area contributed by atoms with Crippen molar-refractivity contribution in [1.82, 2.24) is 19.6 Å². The van der Waals surface area contributed by atoms with Gasteiger partial charge in [-0.2, -0.15) is 4.98 Å². The zero-order valence-corrected chi connectivity index (χ0v) is 15.8. The fourth-order valence-electron chi connectivity index (χ4n) is 2.76. The summed E-state index contributed by atoms with van der Waals surface area (Å²) < 4.78 is 15.8. The van der Waals surface area contributed by atoms with Gasteiger partial charge in [-0.25, -0.2) is 4.39 Å². The number of aromatic nitrogens is 4. The highest BCUT2D eigenvalue weighted by molar-refractivity contribution is 6.31. The Kier molecular flexibility index (Phi) is 5.04. The van der Waals surface area contributed by atoms with E-state index < -0.39 is 5.82 Å². The van der Waals surface area contributed by atoms with Crippen LogP contribution in [0.1, 0.15) is 19.4 Å². The summed E-state index contributed by atoms with van der Waals surface area (Å²) in [6.45, 7) is 6.02. The van der Waals surface area contributed by atoms with Crippen molar-refractivity contribution in [2.45, 2.75) is 20.8 Å². The van der Waals surface area contributed by atoms with E-state index in [0.717, 1.165) is 11.3 Å². The van der Waals surface area contributed by atoms with Gasteiger partial charge in [-0.3, -0.25) is 4.40 Å². The second-order valence-electron chi connectivity index (χ2n) is 5.62. The second-order valence-corrected chi connectivity index (χ2v) is 6.03. The molecule has 0 saturated heterocycles. The Balaban J connectivity index is 0.000000948. The van der Waals surface area contributed by atoms with Gasteiger partial charge < -0.3 is 4.90 Å². The van der Waals surface area contributed by atoms with Crippen LogP contribution in [0.4, 0.5) is 15.9 Å². The van der Waals surface area contributed by atoms with Crippen molar-refractivity contribution in [3.63, 3.8) is 0 Å². The van der Waals surface area contributed by atoms with Gasteiger partial charge in [-0.1, -0.05) is 37.6 Å². The molecule has 0 N–H and O–H groups in total. The summed E-state index contributed by atoms with van der Waals surface area (Å²) in [5, 5.41) is 8.58. The summed E-state index contributed by atoms with van der Waals surface area (Å²) in [5.74, 6) is 0.531. The average Bonchev–Trinajstić information content (AvgIpc) is 3.12. The number of benzene rings is 2. The number of rotatable bonds is 2. The SMILES string of the molecule is CC.Cc1cccc(N(C)c2nc3nncn3c3cc(Cl)c(F)cc23)c1. The van der Waals surface area contributed by atoms with E-state index in [9.17, 15) is 4.39 Å². The lowest BCUT2D eigenvalue weighted by Crippen LogP contribution is -2.13. The standard InChI is InChI=1S/C17H13ClFN5.C2H6/c1-10-4-3-5-11(6-10)23(2)16-12-7-14(19)13(18)8-15(12)24-9-20-22-17(24)21-16;1-2/h3-9H,1-2H3;1-2H3. The second kappa shape index (κ2) is 7.25. The zero-order chi connectivity index (χ0) is 18.8. The van der Waals surface area contributed by atoms with Crippen LogP contribution in [0.15, 0.2) is 42.7 Å². The van der Waals surface area contributed by atoms with Gasteiger partial charge in [0.05, 0.1) is 10.5 Å². The molecule has 0 aliphatic heterocycles. The number of hydrogen-bond acceptors (Lipinski definition) is 4. The van der Waals surface area contributed by atoms with Crippen LogP contribution in [-0.2, 0) is 0 Å².